The minimum atomic E-state index is -2.41. The van der Waals surface area contributed by atoms with Crippen molar-refractivity contribution >= 4 is 53.5 Å². The molecule has 1 amide bonds. The van der Waals surface area contributed by atoms with Gasteiger partial charge in [0.2, 0.25) is 0 Å². The van der Waals surface area contributed by atoms with Gasteiger partial charge < -0.3 is 19.0 Å². The highest BCUT2D eigenvalue weighted by atomic mass is 35.5. The van der Waals surface area contributed by atoms with E-state index in [1.807, 2.05) is 13.8 Å². The number of likely N-dealkylation sites (N-methyl/N-ethyl adjacent to an activating group) is 1. The van der Waals surface area contributed by atoms with E-state index in [2.05, 4.69) is 10.3 Å². The lowest BCUT2D eigenvalue weighted by molar-refractivity contribution is -0.817. The van der Waals surface area contributed by atoms with Gasteiger partial charge in [-0.15, -0.1) is 0 Å². The number of nitrogens with one attached hydrogen (secondary N) is 1. The summed E-state index contributed by atoms with van der Waals surface area (Å²) < 4.78 is 11.4. The third kappa shape index (κ3) is 4.36. The monoisotopic (exact) mass is 485 g/mol. The maximum atomic E-state index is 12.8. The maximum absolute atomic E-state index is 12.8. The third-order valence-corrected chi connectivity index (χ3v) is 6.95. The molecule has 2 fully saturated rings. The molecule has 0 radical (unpaired) electrons. The number of carbonyl (C=O) groups is 4. The predicted molar refractivity (Wildman–Crippen MR) is 118 cm³/mol. The molecule has 9 nitrogen and oxygen atoms in total. The molecule has 4 atom stereocenters. The van der Waals surface area contributed by atoms with Crippen molar-refractivity contribution < 1.29 is 32.9 Å². The second-order valence-corrected chi connectivity index (χ2v) is 9.91. The Bertz CT molecular complexity index is 977. The molecule has 0 aromatic carbocycles. The van der Waals surface area contributed by atoms with E-state index in [1.54, 1.807) is 14.0 Å². The molecule has 1 aromatic heterocycles. The first kappa shape index (κ1) is 24.5. The number of rotatable bonds is 8. The molecular formula is C20H26BCl2N3O6. The summed E-state index contributed by atoms with van der Waals surface area (Å²) in [7, 11) is 1.76. The average Bonchev–Trinajstić information content (AvgIpc) is 3.06. The van der Waals surface area contributed by atoms with Crippen LogP contribution in [-0.2, 0) is 23.7 Å². The summed E-state index contributed by atoms with van der Waals surface area (Å²) in [5.41, 5.74) is -0.0824. The van der Waals surface area contributed by atoms with Gasteiger partial charge in [0.05, 0.1) is 11.6 Å². The number of carbonyl (C=O) groups excluding carboxylic acids is 4. The number of aromatic nitrogens is 1. The number of quaternary nitrogens is 1. The van der Waals surface area contributed by atoms with E-state index < -0.39 is 36.4 Å². The van der Waals surface area contributed by atoms with Gasteiger partial charge in [0, 0.05) is 7.05 Å². The standard InChI is InChI=1S/C20H26BCl2N3O6/c1-11(2)7-13(21-26(4,10-17(28)31-21)12(3)20(30)32-21)8-14(27)9-24-19(29)18-15(22)5-6-16(23)25-18/h5-6,11-13H,7-10H2,1-4H3,(H,24,29)/t12-,13+,21?,26?/m0/s1. The minimum Gasteiger partial charge on any atom is -0.600 e. The second-order valence-electron chi connectivity index (χ2n) is 9.12. The summed E-state index contributed by atoms with van der Waals surface area (Å²) in [5, 5.41) is 2.71. The number of hydrogen-bond donors (Lipinski definition) is 1. The first-order chi connectivity index (χ1) is 14.9. The molecule has 0 spiro atoms. The van der Waals surface area contributed by atoms with E-state index in [0.717, 1.165) is 0 Å². The highest BCUT2D eigenvalue weighted by molar-refractivity contribution is 6.68. The predicted octanol–water partition coefficient (Wildman–Crippen LogP) is 2.38. The molecule has 2 saturated heterocycles. The topological polar surface area (TPSA) is 112 Å². The van der Waals surface area contributed by atoms with Gasteiger partial charge in [0.15, 0.2) is 0 Å². The van der Waals surface area contributed by atoms with Gasteiger partial charge in [0.1, 0.15) is 29.2 Å². The number of ketones is 1. The highest BCUT2D eigenvalue weighted by Crippen LogP contribution is 2.48. The Morgan fingerprint density at radius 2 is 1.97 bits per heavy atom. The summed E-state index contributed by atoms with van der Waals surface area (Å²) in [6.45, 7) is 2.95. The van der Waals surface area contributed by atoms with Crippen LogP contribution in [0.4, 0.5) is 0 Å². The maximum Gasteiger partial charge on any atom is 0.587 e. The lowest BCUT2D eigenvalue weighted by Crippen LogP contribution is -2.65. The molecule has 0 bridgehead atoms. The molecule has 174 valence electrons. The number of Topliss-reactive ketones (excluding diaryl/α,β-unsaturated/α-hetero) is 1. The van der Waals surface area contributed by atoms with Gasteiger partial charge in [0.25, 0.3) is 5.91 Å². The van der Waals surface area contributed by atoms with E-state index in [1.165, 1.54) is 12.1 Å². The molecule has 32 heavy (non-hydrogen) atoms. The molecule has 1 N–H and O–H groups in total. The second kappa shape index (κ2) is 9.00. The van der Waals surface area contributed by atoms with Crippen LogP contribution in [0.1, 0.15) is 44.1 Å². The van der Waals surface area contributed by atoms with Gasteiger partial charge in [-0.05, 0) is 37.2 Å². The SMILES string of the molecule is CC(C)C[C@H](CC(=O)CNC(=O)c1nc(Cl)ccc1Cl)[B-]12OC(=O)C[N+]1(C)[C@@H](C)C(=O)O2. The van der Waals surface area contributed by atoms with Crippen LogP contribution in [0.25, 0.3) is 0 Å². The Labute approximate surface area is 196 Å². The molecule has 3 rings (SSSR count). The largest absolute Gasteiger partial charge is 0.600 e. The molecule has 0 saturated carbocycles. The number of amides is 1. The first-order valence-corrected chi connectivity index (χ1v) is 11.2. The van der Waals surface area contributed by atoms with Crippen molar-refractivity contribution in [1.82, 2.24) is 10.3 Å². The Morgan fingerprint density at radius 3 is 2.62 bits per heavy atom. The Balaban J connectivity index is 1.77. The molecule has 2 aliphatic heterocycles. The molecule has 2 aliphatic rings. The van der Waals surface area contributed by atoms with E-state index in [9.17, 15) is 19.2 Å². The van der Waals surface area contributed by atoms with Crippen molar-refractivity contribution in [2.24, 2.45) is 5.92 Å². The van der Waals surface area contributed by atoms with Gasteiger partial charge in [-0.2, -0.15) is 0 Å². The molecule has 12 heteroatoms. The summed E-state index contributed by atoms with van der Waals surface area (Å²) in [4.78, 5) is 53.8. The first-order valence-electron chi connectivity index (χ1n) is 10.5. The van der Waals surface area contributed by atoms with Gasteiger partial charge in [-0.1, -0.05) is 43.5 Å². The summed E-state index contributed by atoms with van der Waals surface area (Å²) in [6, 6.07) is 2.31. The summed E-state index contributed by atoms with van der Waals surface area (Å²) in [6.07, 6.45) is 0.471. The normalized spacial score (nSPS) is 27.7. The fourth-order valence-electron chi connectivity index (χ4n) is 4.74. The zero-order valence-corrected chi connectivity index (χ0v) is 19.9. The van der Waals surface area contributed by atoms with Crippen LogP contribution in [0.3, 0.4) is 0 Å². The zero-order valence-electron chi connectivity index (χ0n) is 18.4. The molecular weight excluding hydrogens is 460 g/mol. The van der Waals surface area contributed by atoms with Crippen molar-refractivity contribution in [1.29, 1.82) is 0 Å². The van der Waals surface area contributed by atoms with Crippen molar-refractivity contribution in [2.45, 2.75) is 45.5 Å². The van der Waals surface area contributed by atoms with E-state index in [0.29, 0.717) is 6.42 Å². The number of nitrogens with zero attached hydrogens (tertiary/aromatic N) is 2. The number of hydrogen-bond acceptors (Lipinski definition) is 7. The molecule has 3 heterocycles. The minimum absolute atomic E-state index is 0.00324. The van der Waals surface area contributed by atoms with Crippen LogP contribution in [0.5, 0.6) is 0 Å². The van der Waals surface area contributed by atoms with Gasteiger partial charge in [-0.25, -0.2) is 9.78 Å². The third-order valence-electron chi connectivity index (χ3n) is 6.44. The van der Waals surface area contributed by atoms with Crippen molar-refractivity contribution in [3.8, 4) is 0 Å². The van der Waals surface area contributed by atoms with Crippen LogP contribution < -0.4 is 5.32 Å². The smallest absolute Gasteiger partial charge is 0.587 e. The van der Waals surface area contributed by atoms with Crippen molar-refractivity contribution in [3.05, 3.63) is 28.0 Å². The fraction of sp³-hybridized carbons (Fsp3) is 0.550. The summed E-state index contributed by atoms with van der Waals surface area (Å²) in [5.74, 6) is -2.21. The zero-order chi connectivity index (χ0) is 23.8. The van der Waals surface area contributed by atoms with Crippen molar-refractivity contribution in [2.75, 3.05) is 20.1 Å². The lowest BCUT2D eigenvalue weighted by Gasteiger charge is -2.46. The number of fused-ring (bicyclic) bond motifs is 1. The Hall–Kier alpha value is -2.17. The molecule has 0 aliphatic carbocycles. The Kier molecular flexibility index (Phi) is 6.88. The average molecular weight is 486 g/mol. The molecule has 1 aromatic rings. The van der Waals surface area contributed by atoms with Crippen LogP contribution >= 0.6 is 23.2 Å². The Morgan fingerprint density at radius 1 is 1.28 bits per heavy atom. The highest BCUT2D eigenvalue weighted by Gasteiger charge is 2.71. The number of halogens is 2. The van der Waals surface area contributed by atoms with Crippen LogP contribution in [-0.4, -0.2) is 65.9 Å². The van der Waals surface area contributed by atoms with Gasteiger partial charge in [-0.3, -0.25) is 14.4 Å². The van der Waals surface area contributed by atoms with Gasteiger partial charge >= 0.3 is 18.6 Å². The van der Waals surface area contributed by atoms with E-state index in [-0.39, 0.29) is 51.5 Å². The van der Waals surface area contributed by atoms with E-state index >= 15 is 0 Å². The number of pyridine rings is 1. The van der Waals surface area contributed by atoms with Crippen LogP contribution in [0, 0.1) is 5.92 Å². The molecule has 2 unspecified atom stereocenters. The summed E-state index contributed by atoms with van der Waals surface area (Å²) >= 11 is 11.8. The van der Waals surface area contributed by atoms with Crippen LogP contribution in [0.15, 0.2) is 12.1 Å². The quantitative estimate of drug-likeness (QED) is 0.444. The lowest BCUT2D eigenvalue weighted by atomic mass is 9.51. The fourth-order valence-corrected chi connectivity index (χ4v) is 5.08. The van der Waals surface area contributed by atoms with Crippen molar-refractivity contribution in [3.63, 3.8) is 0 Å². The van der Waals surface area contributed by atoms with E-state index in [4.69, 9.17) is 32.5 Å². The van der Waals surface area contributed by atoms with Crippen LogP contribution in [0.2, 0.25) is 16.0 Å².